The number of carbonyl (C=O) groups excluding carboxylic acids is 1. The number of aryl methyl sites for hydroxylation is 1. The first kappa shape index (κ1) is 15.1. The van der Waals surface area contributed by atoms with Gasteiger partial charge in [-0.1, -0.05) is 13.8 Å². The molecule has 1 aromatic rings. The average molecular weight is 317 g/mol. The Kier molecular flexibility index (Phi) is 5.28. The van der Waals surface area contributed by atoms with Gasteiger partial charge >= 0.3 is 0 Å². The van der Waals surface area contributed by atoms with Gasteiger partial charge in [-0.2, -0.15) is 0 Å². The molecule has 0 aliphatic heterocycles. The predicted molar refractivity (Wildman–Crippen MR) is 74.9 cm³/mol. The number of nitrogens with two attached hydrogens (primary N) is 1. The van der Waals surface area contributed by atoms with Crippen LogP contribution in [-0.2, 0) is 4.79 Å². The minimum atomic E-state index is -0.573. The third-order valence-corrected chi connectivity index (χ3v) is 3.19. The number of benzene rings is 1. The van der Waals surface area contributed by atoms with Crippen LogP contribution in [0.5, 0.6) is 0 Å². The van der Waals surface area contributed by atoms with E-state index >= 15 is 0 Å². The molecule has 18 heavy (non-hydrogen) atoms. The van der Waals surface area contributed by atoms with Crippen LogP contribution in [0, 0.1) is 18.7 Å². The quantitative estimate of drug-likeness (QED) is 0.896. The highest BCUT2D eigenvalue weighted by Gasteiger charge is 2.16. The monoisotopic (exact) mass is 316 g/mol. The number of anilines is 1. The minimum Gasteiger partial charge on any atom is -0.324 e. The molecule has 0 radical (unpaired) electrons. The Labute approximate surface area is 115 Å². The summed E-state index contributed by atoms with van der Waals surface area (Å²) in [4.78, 5) is 11.8. The van der Waals surface area contributed by atoms with E-state index in [4.69, 9.17) is 5.73 Å². The summed E-state index contributed by atoms with van der Waals surface area (Å²) >= 11 is 3.10. The van der Waals surface area contributed by atoms with E-state index in [9.17, 15) is 9.18 Å². The van der Waals surface area contributed by atoms with Gasteiger partial charge in [0.05, 0.1) is 10.5 Å². The number of amides is 1. The van der Waals surface area contributed by atoms with Crippen molar-refractivity contribution in [2.75, 3.05) is 5.32 Å². The van der Waals surface area contributed by atoms with Gasteiger partial charge in [0.25, 0.3) is 0 Å². The van der Waals surface area contributed by atoms with Crippen LogP contribution in [0.4, 0.5) is 10.1 Å². The topological polar surface area (TPSA) is 55.1 Å². The number of nitrogens with one attached hydrogen (secondary N) is 1. The van der Waals surface area contributed by atoms with Crippen molar-refractivity contribution in [2.24, 2.45) is 11.7 Å². The van der Waals surface area contributed by atoms with Crippen molar-refractivity contribution in [3.63, 3.8) is 0 Å². The second kappa shape index (κ2) is 6.29. The lowest BCUT2D eigenvalue weighted by molar-refractivity contribution is -0.117. The zero-order valence-electron chi connectivity index (χ0n) is 10.8. The van der Waals surface area contributed by atoms with Crippen molar-refractivity contribution in [3.8, 4) is 0 Å². The lowest BCUT2D eigenvalue weighted by atomic mass is 10.0. The Morgan fingerprint density at radius 3 is 2.67 bits per heavy atom. The van der Waals surface area contributed by atoms with Gasteiger partial charge in [0.1, 0.15) is 5.82 Å². The fourth-order valence-electron chi connectivity index (χ4n) is 1.62. The minimum absolute atomic E-state index is 0.284. The summed E-state index contributed by atoms with van der Waals surface area (Å²) in [6.07, 6.45) is 0.601. The van der Waals surface area contributed by atoms with E-state index in [1.165, 1.54) is 6.07 Å². The van der Waals surface area contributed by atoms with Crippen molar-refractivity contribution >= 4 is 27.5 Å². The fraction of sp³-hybridized carbons (Fsp3) is 0.462. The number of hydrogen-bond acceptors (Lipinski definition) is 2. The number of hydrogen-bond donors (Lipinski definition) is 2. The van der Waals surface area contributed by atoms with Crippen LogP contribution in [0.25, 0.3) is 0 Å². The normalized spacial score (nSPS) is 12.6. The van der Waals surface area contributed by atoms with Gasteiger partial charge in [-0.25, -0.2) is 4.39 Å². The van der Waals surface area contributed by atoms with Gasteiger partial charge < -0.3 is 11.1 Å². The zero-order chi connectivity index (χ0) is 13.9. The van der Waals surface area contributed by atoms with Gasteiger partial charge in [0.15, 0.2) is 0 Å². The van der Waals surface area contributed by atoms with Gasteiger partial charge in [-0.05, 0) is 52.9 Å². The van der Waals surface area contributed by atoms with E-state index in [1.54, 1.807) is 13.0 Å². The molecule has 100 valence electrons. The Hall–Kier alpha value is -0.940. The van der Waals surface area contributed by atoms with Gasteiger partial charge in [0, 0.05) is 5.69 Å². The maximum absolute atomic E-state index is 13.4. The summed E-state index contributed by atoms with van der Waals surface area (Å²) in [6.45, 7) is 5.79. The predicted octanol–water partition coefficient (Wildman–Crippen LogP) is 3.21. The van der Waals surface area contributed by atoms with Crippen LogP contribution in [0.3, 0.4) is 0 Å². The zero-order valence-corrected chi connectivity index (χ0v) is 12.3. The maximum Gasteiger partial charge on any atom is 0.241 e. The molecule has 0 unspecified atom stereocenters. The highest BCUT2D eigenvalue weighted by molar-refractivity contribution is 9.10. The van der Waals surface area contributed by atoms with E-state index in [-0.39, 0.29) is 5.91 Å². The summed E-state index contributed by atoms with van der Waals surface area (Å²) in [5, 5.41) is 2.66. The number of rotatable bonds is 4. The molecule has 0 aromatic heterocycles. The highest BCUT2D eigenvalue weighted by Crippen LogP contribution is 2.24. The largest absolute Gasteiger partial charge is 0.324 e. The second-order valence-electron chi connectivity index (χ2n) is 4.81. The first-order chi connectivity index (χ1) is 8.31. The van der Waals surface area contributed by atoms with E-state index < -0.39 is 11.9 Å². The number of halogens is 2. The van der Waals surface area contributed by atoms with Gasteiger partial charge in [0.2, 0.25) is 5.91 Å². The maximum atomic E-state index is 13.4. The van der Waals surface area contributed by atoms with Crippen molar-refractivity contribution in [1.29, 1.82) is 0 Å². The van der Waals surface area contributed by atoms with Crippen molar-refractivity contribution < 1.29 is 9.18 Å². The standard InChI is InChI=1S/C13H18BrFN2O/c1-7(2)4-11(16)13(18)17-12-6-10(15)9(14)5-8(12)3/h5-7,11H,4,16H2,1-3H3,(H,17,18)/t11-/m1/s1. The molecule has 1 rings (SSSR count). The third kappa shape index (κ3) is 4.07. The van der Waals surface area contributed by atoms with Gasteiger partial charge in [-0.3, -0.25) is 4.79 Å². The molecule has 0 fully saturated rings. The molecule has 0 heterocycles. The average Bonchev–Trinajstić information content (AvgIpc) is 2.24. The molecule has 0 aliphatic rings. The van der Waals surface area contributed by atoms with Crippen molar-refractivity contribution in [3.05, 3.63) is 28.0 Å². The van der Waals surface area contributed by atoms with Gasteiger partial charge in [-0.15, -0.1) is 0 Å². The van der Waals surface area contributed by atoms with Crippen LogP contribution in [0.2, 0.25) is 0 Å². The summed E-state index contributed by atoms with van der Waals surface area (Å²) in [5.74, 6) is -0.352. The molecule has 1 amide bonds. The Morgan fingerprint density at radius 2 is 2.11 bits per heavy atom. The summed E-state index contributed by atoms with van der Waals surface area (Å²) in [5.41, 5.74) is 7.01. The molecule has 3 nitrogen and oxygen atoms in total. The van der Waals surface area contributed by atoms with E-state index in [0.717, 1.165) is 5.56 Å². The van der Waals surface area contributed by atoms with Crippen molar-refractivity contribution in [2.45, 2.75) is 33.2 Å². The Morgan fingerprint density at radius 1 is 1.50 bits per heavy atom. The van der Waals surface area contributed by atoms with E-state index in [0.29, 0.717) is 22.5 Å². The first-order valence-corrected chi connectivity index (χ1v) is 6.62. The summed E-state index contributed by atoms with van der Waals surface area (Å²) in [7, 11) is 0. The second-order valence-corrected chi connectivity index (χ2v) is 5.66. The molecule has 0 saturated heterocycles. The molecule has 3 N–H and O–H groups in total. The molecule has 5 heteroatoms. The van der Waals surface area contributed by atoms with Crippen LogP contribution in [0.15, 0.2) is 16.6 Å². The number of carbonyl (C=O) groups is 1. The van der Waals surface area contributed by atoms with Crippen LogP contribution < -0.4 is 11.1 Å². The molecule has 1 atom stereocenters. The van der Waals surface area contributed by atoms with Crippen LogP contribution in [0.1, 0.15) is 25.8 Å². The van der Waals surface area contributed by atoms with E-state index in [1.807, 2.05) is 13.8 Å². The SMILES string of the molecule is Cc1cc(Br)c(F)cc1NC(=O)[C@H](N)CC(C)C. The molecular formula is C13H18BrFN2O. The summed E-state index contributed by atoms with van der Waals surface area (Å²) in [6, 6.07) is 2.34. The first-order valence-electron chi connectivity index (χ1n) is 5.83. The molecule has 0 bridgehead atoms. The summed E-state index contributed by atoms with van der Waals surface area (Å²) < 4.78 is 13.8. The van der Waals surface area contributed by atoms with Crippen LogP contribution in [-0.4, -0.2) is 11.9 Å². The third-order valence-electron chi connectivity index (χ3n) is 2.59. The highest BCUT2D eigenvalue weighted by atomic mass is 79.9. The molecule has 0 spiro atoms. The fourth-order valence-corrected chi connectivity index (χ4v) is 2.08. The lowest BCUT2D eigenvalue weighted by Crippen LogP contribution is -2.36. The van der Waals surface area contributed by atoms with Crippen LogP contribution >= 0.6 is 15.9 Å². The molecule has 0 aliphatic carbocycles. The smallest absolute Gasteiger partial charge is 0.241 e. The van der Waals surface area contributed by atoms with E-state index in [2.05, 4.69) is 21.2 Å². The molecule has 1 aromatic carbocycles. The molecule has 0 saturated carbocycles. The Bertz CT molecular complexity index is 449. The lowest BCUT2D eigenvalue weighted by Gasteiger charge is -2.15. The molecular weight excluding hydrogens is 299 g/mol. The van der Waals surface area contributed by atoms with Crippen molar-refractivity contribution in [1.82, 2.24) is 0 Å². The Balaban J connectivity index is 2.79.